The monoisotopic (exact) mass is 420 g/mol. The number of imidazole rings is 1. The molecule has 2 N–H and O–H groups in total. The molecule has 0 unspecified atom stereocenters. The SMILES string of the molecule is Cc1cccc(CNCCc2cn(-c3cc(C(C)(C)C)cc(C(C)(C)C)c3O)cn2)n1. The van der Waals surface area contributed by atoms with Crippen LogP contribution in [0.15, 0.2) is 42.9 Å². The minimum Gasteiger partial charge on any atom is -0.505 e. The average molecular weight is 421 g/mol. The molecule has 0 aliphatic heterocycles. The highest BCUT2D eigenvalue weighted by Crippen LogP contribution is 2.39. The fourth-order valence-corrected chi connectivity index (χ4v) is 3.58. The van der Waals surface area contributed by atoms with Crippen LogP contribution in [-0.2, 0) is 23.8 Å². The van der Waals surface area contributed by atoms with Crippen molar-refractivity contribution in [2.75, 3.05) is 6.54 Å². The summed E-state index contributed by atoms with van der Waals surface area (Å²) in [5.41, 5.74) is 5.84. The van der Waals surface area contributed by atoms with Gasteiger partial charge in [-0.1, -0.05) is 53.7 Å². The molecule has 0 radical (unpaired) electrons. The van der Waals surface area contributed by atoms with Crippen LogP contribution in [0.5, 0.6) is 5.75 Å². The van der Waals surface area contributed by atoms with Crippen LogP contribution >= 0.6 is 0 Å². The van der Waals surface area contributed by atoms with E-state index in [0.29, 0.717) is 5.75 Å². The fourth-order valence-electron chi connectivity index (χ4n) is 3.58. The first-order valence-electron chi connectivity index (χ1n) is 11.0. The summed E-state index contributed by atoms with van der Waals surface area (Å²) >= 11 is 0. The normalized spacial score (nSPS) is 12.4. The third-order valence-electron chi connectivity index (χ3n) is 5.49. The number of hydrogen-bond acceptors (Lipinski definition) is 4. The van der Waals surface area contributed by atoms with E-state index in [1.807, 2.05) is 35.9 Å². The van der Waals surface area contributed by atoms with Gasteiger partial charge in [-0.05, 0) is 41.5 Å². The molecule has 0 aliphatic carbocycles. The molecule has 5 heteroatoms. The molecule has 3 aromatic rings. The summed E-state index contributed by atoms with van der Waals surface area (Å²) in [4.78, 5) is 9.09. The lowest BCUT2D eigenvalue weighted by atomic mass is 9.79. The summed E-state index contributed by atoms with van der Waals surface area (Å²) in [7, 11) is 0. The van der Waals surface area contributed by atoms with Gasteiger partial charge in [0.25, 0.3) is 0 Å². The van der Waals surface area contributed by atoms with Crippen LogP contribution in [0.4, 0.5) is 0 Å². The fraction of sp³-hybridized carbons (Fsp3) is 0.462. The van der Waals surface area contributed by atoms with Gasteiger partial charge in [-0.2, -0.15) is 0 Å². The molecule has 0 aliphatic rings. The molecule has 0 fully saturated rings. The van der Waals surface area contributed by atoms with E-state index in [4.69, 9.17) is 0 Å². The molecule has 2 heterocycles. The minimum atomic E-state index is -0.156. The number of rotatable bonds is 6. The zero-order valence-electron chi connectivity index (χ0n) is 20.0. The summed E-state index contributed by atoms with van der Waals surface area (Å²) in [5, 5.41) is 14.5. The molecule has 5 nitrogen and oxygen atoms in total. The molecular weight excluding hydrogens is 384 g/mol. The van der Waals surface area contributed by atoms with Crippen LogP contribution in [0.25, 0.3) is 5.69 Å². The molecule has 31 heavy (non-hydrogen) atoms. The predicted molar refractivity (Wildman–Crippen MR) is 127 cm³/mol. The van der Waals surface area contributed by atoms with Crippen molar-refractivity contribution >= 4 is 0 Å². The zero-order valence-corrected chi connectivity index (χ0v) is 20.0. The van der Waals surface area contributed by atoms with Gasteiger partial charge in [0, 0.05) is 37.0 Å². The molecule has 0 saturated carbocycles. The largest absolute Gasteiger partial charge is 0.505 e. The number of aromatic hydroxyl groups is 1. The Labute approximate surface area is 186 Å². The van der Waals surface area contributed by atoms with Crippen molar-refractivity contribution in [3.8, 4) is 11.4 Å². The highest BCUT2D eigenvalue weighted by atomic mass is 16.3. The van der Waals surface area contributed by atoms with Crippen LogP contribution in [0.3, 0.4) is 0 Å². The minimum absolute atomic E-state index is 0.0143. The Balaban J connectivity index is 1.76. The first-order valence-corrected chi connectivity index (χ1v) is 11.0. The van der Waals surface area contributed by atoms with Gasteiger partial charge in [-0.15, -0.1) is 0 Å². The van der Waals surface area contributed by atoms with Crippen molar-refractivity contribution in [3.05, 3.63) is 71.1 Å². The van der Waals surface area contributed by atoms with Crippen molar-refractivity contribution < 1.29 is 5.11 Å². The van der Waals surface area contributed by atoms with Gasteiger partial charge in [0.15, 0.2) is 0 Å². The number of nitrogens with zero attached hydrogens (tertiary/aromatic N) is 3. The standard InChI is InChI=1S/C26H36N4O/c1-18-9-8-10-20(29-18)15-27-12-11-21-16-30(17-28-21)23-14-19(25(2,3)4)13-22(24(23)31)26(5,6)7/h8-10,13-14,16-17,27,31H,11-12,15H2,1-7H3. The molecule has 0 amide bonds. The maximum absolute atomic E-state index is 11.1. The highest BCUT2D eigenvalue weighted by Gasteiger charge is 2.25. The summed E-state index contributed by atoms with van der Waals surface area (Å²) in [6, 6.07) is 10.3. The van der Waals surface area contributed by atoms with Gasteiger partial charge in [-0.3, -0.25) is 4.98 Å². The molecule has 0 saturated heterocycles. The molecule has 3 rings (SSSR count). The van der Waals surface area contributed by atoms with Gasteiger partial charge in [0.1, 0.15) is 5.75 Å². The van der Waals surface area contributed by atoms with Crippen molar-refractivity contribution in [1.29, 1.82) is 0 Å². The quantitative estimate of drug-likeness (QED) is 0.538. The van der Waals surface area contributed by atoms with Gasteiger partial charge in [-0.25, -0.2) is 4.98 Å². The Morgan fingerprint density at radius 1 is 1.00 bits per heavy atom. The lowest BCUT2D eigenvalue weighted by Gasteiger charge is -2.27. The van der Waals surface area contributed by atoms with Gasteiger partial charge >= 0.3 is 0 Å². The Morgan fingerprint density at radius 2 is 1.74 bits per heavy atom. The number of aromatic nitrogens is 3. The van der Waals surface area contributed by atoms with Gasteiger partial charge < -0.3 is 15.0 Å². The Morgan fingerprint density at radius 3 is 2.39 bits per heavy atom. The number of hydrogen-bond donors (Lipinski definition) is 2. The number of nitrogens with one attached hydrogen (secondary N) is 1. The second kappa shape index (κ2) is 8.83. The van der Waals surface area contributed by atoms with Crippen LogP contribution < -0.4 is 5.32 Å². The molecular formula is C26H36N4O. The second-order valence-corrected chi connectivity index (χ2v) is 10.4. The van der Waals surface area contributed by atoms with Crippen LogP contribution in [0.2, 0.25) is 0 Å². The lowest BCUT2D eigenvalue weighted by molar-refractivity contribution is 0.442. The van der Waals surface area contributed by atoms with E-state index < -0.39 is 0 Å². The summed E-state index contributed by atoms with van der Waals surface area (Å²) in [6.45, 7) is 16.5. The van der Waals surface area contributed by atoms with Gasteiger partial charge in [0.05, 0.1) is 23.4 Å². The van der Waals surface area contributed by atoms with Crippen molar-refractivity contribution in [3.63, 3.8) is 0 Å². The van der Waals surface area contributed by atoms with Crippen LogP contribution in [0.1, 0.15) is 69.8 Å². The van der Waals surface area contributed by atoms with E-state index in [0.717, 1.165) is 47.8 Å². The third kappa shape index (κ3) is 5.73. The Bertz CT molecular complexity index is 1040. The molecule has 0 bridgehead atoms. The number of benzene rings is 1. The van der Waals surface area contributed by atoms with Crippen LogP contribution in [-0.4, -0.2) is 26.2 Å². The van der Waals surface area contributed by atoms with E-state index in [-0.39, 0.29) is 10.8 Å². The molecule has 0 spiro atoms. The number of phenols is 1. The van der Waals surface area contributed by atoms with E-state index in [2.05, 4.69) is 69.0 Å². The maximum atomic E-state index is 11.1. The van der Waals surface area contributed by atoms with Crippen molar-refractivity contribution in [2.45, 2.75) is 72.3 Å². The molecule has 1 aromatic carbocycles. The van der Waals surface area contributed by atoms with Crippen LogP contribution in [0, 0.1) is 6.92 Å². The first-order chi connectivity index (χ1) is 14.4. The molecule has 0 atom stereocenters. The third-order valence-corrected chi connectivity index (χ3v) is 5.49. The summed E-state index contributed by atoms with van der Waals surface area (Å²) in [6.07, 6.45) is 4.62. The first kappa shape index (κ1) is 23.0. The average Bonchev–Trinajstić information content (AvgIpc) is 3.12. The Hall–Kier alpha value is -2.66. The molecule has 166 valence electrons. The van der Waals surface area contributed by atoms with Crippen molar-refractivity contribution in [2.24, 2.45) is 0 Å². The van der Waals surface area contributed by atoms with Gasteiger partial charge in [0.2, 0.25) is 0 Å². The topological polar surface area (TPSA) is 63.0 Å². The smallest absolute Gasteiger partial charge is 0.143 e. The van der Waals surface area contributed by atoms with E-state index >= 15 is 0 Å². The number of phenolic OH excluding ortho intramolecular Hbond substituents is 1. The summed E-state index contributed by atoms with van der Waals surface area (Å²) in [5.74, 6) is 0.327. The zero-order chi connectivity index (χ0) is 22.8. The Kier molecular flexibility index (Phi) is 6.56. The predicted octanol–water partition coefficient (Wildman–Crippen LogP) is 5.21. The number of aryl methyl sites for hydroxylation is 1. The van der Waals surface area contributed by atoms with E-state index in [9.17, 15) is 5.11 Å². The number of pyridine rings is 1. The molecule has 2 aromatic heterocycles. The maximum Gasteiger partial charge on any atom is 0.143 e. The van der Waals surface area contributed by atoms with E-state index in [1.54, 1.807) is 6.33 Å². The lowest BCUT2D eigenvalue weighted by Crippen LogP contribution is -2.18. The summed E-state index contributed by atoms with van der Waals surface area (Å²) < 4.78 is 1.94. The highest BCUT2D eigenvalue weighted by molar-refractivity contribution is 5.57. The van der Waals surface area contributed by atoms with Crippen molar-refractivity contribution in [1.82, 2.24) is 19.9 Å². The second-order valence-electron chi connectivity index (χ2n) is 10.4. The van der Waals surface area contributed by atoms with E-state index in [1.165, 1.54) is 5.56 Å².